The number of aromatic amines is 1. The second-order valence-electron chi connectivity index (χ2n) is 11.0. The van der Waals surface area contributed by atoms with E-state index in [0.717, 1.165) is 11.3 Å². The topological polar surface area (TPSA) is 133 Å². The SMILES string of the molecule is Cc1[nH]c(/C=C2\C(=O)Nc3cc(NC(=O)C4CNCC(c5ccc(F)cc5)C4=O)ccc32)c(C)c1C(=O)N1CCOCC1. The van der Waals surface area contributed by atoms with E-state index in [-0.39, 0.29) is 24.1 Å². The van der Waals surface area contributed by atoms with E-state index in [1.54, 1.807) is 41.3 Å². The van der Waals surface area contributed by atoms with Gasteiger partial charge in [0.2, 0.25) is 5.91 Å². The lowest BCUT2D eigenvalue weighted by molar-refractivity contribution is -0.133. The number of ether oxygens (including phenoxy) is 1. The van der Waals surface area contributed by atoms with Crippen LogP contribution in [0.25, 0.3) is 11.6 Å². The minimum Gasteiger partial charge on any atom is -0.378 e. The number of nitrogens with one attached hydrogen (secondary N) is 4. The summed E-state index contributed by atoms with van der Waals surface area (Å²) in [6, 6.07) is 10.8. The number of fused-ring (bicyclic) bond motifs is 1. The smallest absolute Gasteiger partial charge is 0.256 e. The number of hydrogen-bond donors (Lipinski definition) is 4. The lowest BCUT2D eigenvalue weighted by Crippen LogP contribution is -2.47. The highest BCUT2D eigenvalue weighted by molar-refractivity contribution is 6.35. The summed E-state index contributed by atoms with van der Waals surface area (Å²) < 4.78 is 18.7. The normalized spacial score (nSPS) is 21.1. The van der Waals surface area contributed by atoms with Gasteiger partial charge in [-0.2, -0.15) is 0 Å². The Bertz CT molecular complexity index is 1650. The number of amides is 3. The van der Waals surface area contributed by atoms with Crippen molar-refractivity contribution in [3.8, 4) is 0 Å². The van der Waals surface area contributed by atoms with E-state index in [9.17, 15) is 23.6 Å². The van der Waals surface area contributed by atoms with Crippen molar-refractivity contribution in [3.05, 3.63) is 81.9 Å². The first kappa shape index (κ1) is 28.5. The summed E-state index contributed by atoms with van der Waals surface area (Å²) in [5, 5.41) is 8.79. The molecule has 0 bridgehead atoms. The Balaban J connectivity index is 1.19. The number of anilines is 2. The summed E-state index contributed by atoms with van der Waals surface area (Å²) in [5.74, 6) is -2.92. The fourth-order valence-corrected chi connectivity index (χ4v) is 5.97. The maximum Gasteiger partial charge on any atom is 0.256 e. The van der Waals surface area contributed by atoms with Gasteiger partial charge in [-0.1, -0.05) is 18.2 Å². The van der Waals surface area contributed by atoms with Gasteiger partial charge in [0.15, 0.2) is 5.78 Å². The van der Waals surface area contributed by atoms with E-state index in [4.69, 9.17) is 4.74 Å². The molecular formula is C32H32FN5O5. The Labute approximate surface area is 247 Å². The molecular weight excluding hydrogens is 553 g/mol. The van der Waals surface area contributed by atoms with E-state index < -0.39 is 23.6 Å². The van der Waals surface area contributed by atoms with Crippen LogP contribution in [0.15, 0.2) is 42.5 Å². The molecule has 1 aromatic heterocycles. The zero-order valence-corrected chi connectivity index (χ0v) is 23.9. The third-order valence-electron chi connectivity index (χ3n) is 8.32. The van der Waals surface area contributed by atoms with Gasteiger partial charge in [0.25, 0.3) is 11.8 Å². The van der Waals surface area contributed by atoms with E-state index in [0.29, 0.717) is 72.2 Å². The summed E-state index contributed by atoms with van der Waals surface area (Å²) in [6.07, 6.45) is 1.74. The van der Waals surface area contributed by atoms with Crippen LogP contribution >= 0.6 is 0 Å². The fraction of sp³-hybridized carbons (Fsp3) is 0.312. The predicted molar refractivity (Wildman–Crippen MR) is 159 cm³/mol. The molecule has 43 heavy (non-hydrogen) atoms. The zero-order chi connectivity index (χ0) is 30.2. The van der Waals surface area contributed by atoms with Crippen LogP contribution in [0.5, 0.6) is 0 Å². The molecule has 3 amide bonds. The molecule has 0 saturated carbocycles. The first-order chi connectivity index (χ1) is 20.7. The van der Waals surface area contributed by atoms with Crippen LogP contribution in [0.2, 0.25) is 0 Å². The van der Waals surface area contributed by atoms with Gasteiger partial charge < -0.3 is 30.6 Å². The maximum atomic E-state index is 13.4. The molecule has 2 unspecified atom stereocenters. The third-order valence-corrected chi connectivity index (χ3v) is 8.32. The molecule has 2 fully saturated rings. The Morgan fingerprint density at radius 2 is 1.79 bits per heavy atom. The number of halogens is 1. The highest BCUT2D eigenvalue weighted by Gasteiger charge is 2.37. The monoisotopic (exact) mass is 585 g/mol. The van der Waals surface area contributed by atoms with E-state index in [1.165, 1.54) is 12.1 Å². The van der Waals surface area contributed by atoms with Crippen molar-refractivity contribution in [1.29, 1.82) is 0 Å². The molecule has 222 valence electrons. The number of benzene rings is 2. The largest absolute Gasteiger partial charge is 0.378 e. The highest BCUT2D eigenvalue weighted by atomic mass is 19.1. The second-order valence-corrected chi connectivity index (χ2v) is 11.0. The molecule has 11 heteroatoms. The van der Waals surface area contributed by atoms with Crippen molar-refractivity contribution in [1.82, 2.24) is 15.2 Å². The Morgan fingerprint density at radius 3 is 2.53 bits per heavy atom. The van der Waals surface area contributed by atoms with Gasteiger partial charge >= 0.3 is 0 Å². The van der Waals surface area contributed by atoms with Crippen LogP contribution in [0.3, 0.4) is 0 Å². The number of morpholine rings is 1. The number of ketones is 1. The minimum absolute atomic E-state index is 0.0634. The molecule has 0 radical (unpaired) electrons. The van der Waals surface area contributed by atoms with Gasteiger partial charge in [-0.25, -0.2) is 4.39 Å². The number of carbonyl (C=O) groups excluding carboxylic acids is 4. The Morgan fingerprint density at radius 1 is 1.05 bits per heavy atom. The van der Waals surface area contributed by atoms with E-state index >= 15 is 0 Å². The van der Waals surface area contributed by atoms with Crippen molar-refractivity contribution >= 4 is 46.5 Å². The predicted octanol–water partition coefficient (Wildman–Crippen LogP) is 3.25. The number of nitrogens with zero attached hydrogens (tertiary/aromatic N) is 1. The number of carbonyl (C=O) groups is 4. The number of aryl methyl sites for hydroxylation is 1. The molecule has 3 aliphatic heterocycles. The number of piperidine rings is 1. The highest BCUT2D eigenvalue weighted by Crippen LogP contribution is 2.36. The molecule has 0 aliphatic carbocycles. The summed E-state index contributed by atoms with van der Waals surface area (Å²) >= 11 is 0. The molecule has 0 spiro atoms. The van der Waals surface area contributed by atoms with Crippen LogP contribution in [-0.2, 0) is 19.1 Å². The van der Waals surface area contributed by atoms with Crippen LogP contribution in [0.1, 0.15) is 44.4 Å². The number of H-pyrrole nitrogens is 1. The molecule has 4 N–H and O–H groups in total. The van der Waals surface area contributed by atoms with Crippen LogP contribution < -0.4 is 16.0 Å². The van der Waals surface area contributed by atoms with E-state index in [2.05, 4.69) is 20.9 Å². The van der Waals surface area contributed by atoms with Crippen molar-refractivity contribution in [2.24, 2.45) is 5.92 Å². The summed E-state index contributed by atoms with van der Waals surface area (Å²) in [6.45, 7) is 6.36. The van der Waals surface area contributed by atoms with E-state index in [1.807, 2.05) is 13.8 Å². The minimum atomic E-state index is -0.921. The van der Waals surface area contributed by atoms with Crippen LogP contribution in [0.4, 0.5) is 15.8 Å². The molecule has 4 heterocycles. The summed E-state index contributed by atoms with van der Waals surface area (Å²) in [5.41, 5.74) is 5.45. The van der Waals surface area contributed by atoms with Crippen molar-refractivity contribution in [2.75, 3.05) is 50.0 Å². The first-order valence-corrected chi connectivity index (χ1v) is 14.3. The van der Waals surface area contributed by atoms with Gasteiger partial charge in [0.1, 0.15) is 11.7 Å². The molecule has 3 aliphatic rings. The first-order valence-electron chi connectivity index (χ1n) is 14.3. The Kier molecular flexibility index (Phi) is 7.68. The lowest BCUT2D eigenvalue weighted by atomic mass is 9.83. The van der Waals surface area contributed by atoms with Gasteiger partial charge in [0.05, 0.1) is 36.0 Å². The standard InChI is InChI=1S/C32H32FN5O5/c1-17-26(35-18(2)28(17)32(42)38-9-11-43-12-10-38)14-23-22-8-7-21(13-27(22)37-30(23)40)36-31(41)25-16-34-15-24(29(25)39)19-3-5-20(33)6-4-19/h3-8,13-14,24-25,34-35H,9-12,15-16H2,1-2H3,(H,36,41)(H,37,40)/b23-14-. The lowest BCUT2D eigenvalue weighted by Gasteiger charge is -2.28. The van der Waals surface area contributed by atoms with Gasteiger partial charge in [-0.3, -0.25) is 19.2 Å². The van der Waals surface area contributed by atoms with Gasteiger partial charge in [0, 0.05) is 48.8 Å². The average molecular weight is 586 g/mol. The number of rotatable bonds is 5. The van der Waals surface area contributed by atoms with Crippen molar-refractivity contribution < 1.29 is 28.3 Å². The molecule has 2 saturated heterocycles. The molecule has 3 aromatic rings. The van der Waals surface area contributed by atoms with Crippen LogP contribution in [-0.4, -0.2) is 72.8 Å². The fourth-order valence-electron chi connectivity index (χ4n) is 5.97. The maximum absolute atomic E-state index is 13.4. The summed E-state index contributed by atoms with van der Waals surface area (Å²) in [4.78, 5) is 57.5. The van der Waals surface area contributed by atoms with Gasteiger partial charge in [-0.05, 0) is 55.3 Å². The molecule has 10 nitrogen and oxygen atoms in total. The summed E-state index contributed by atoms with van der Waals surface area (Å²) in [7, 11) is 0. The van der Waals surface area contributed by atoms with Crippen molar-refractivity contribution in [3.63, 3.8) is 0 Å². The third kappa shape index (κ3) is 5.49. The molecule has 2 aromatic carbocycles. The molecule has 2 atom stereocenters. The van der Waals surface area contributed by atoms with Crippen molar-refractivity contribution in [2.45, 2.75) is 19.8 Å². The zero-order valence-electron chi connectivity index (χ0n) is 23.9. The quantitative estimate of drug-likeness (QED) is 0.269. The number of hydrogen-bond acceptors (Lipinski definition) is 6. The second kappa shape index (κ2) is 11.6. The Hall–Kier alpha value is -4.61. The van der Waals surface area contributed by atoms with Gasteiger partial charge in [-0.15, -0.1) is 0 Å². The number of aromatic nitrogens is 1. The average Bonchev–Trinajstić information content (AvgIpc) is 3.46. The molecule has 6 rings (SSSR count). The number of Topliss-reactive ketones (excluding diaryl/α,β-unsaturated/α-hetero) is 1. The van der Waals surface area contributed by atoms with Crippen LogP contribution in [0, 0.1) is 25.6 Å².